The minimum absolute atomic E-state index is 0.109. The molecule has 0 unspecified atom stereocenters. The first-order chi connectivity index (χ1) is 8.84. The van der Waals surface area contributed by atoms with E-state index in [1.165, 1.54) is 0 Å². The van der Waals surface area contributed by atoms with E-state index in [1.54, 1.807) is 32.0 Å². The van der Waals surface area contributed by atoms with Crippen molar-refractivity contribution in [2.24, 2.45) is 5.92 Å². The van der Waals surface area contributed by atoms with E-state index in [2.05, 4.69) is 19.2 Å². The van der Waals surface area contributed by atoms with Crippen LogP contribution in [0.15, 0.2) is 24.3 Å². The van der Waals surface area contributed by atoms with Crippen LogP contribution in [-0.2, 0) is 0 Å². The second kappa shape index (κ2) is 6.57. The lowest BCUT2D eigenvalue weighted by molar-refractivity contribution is 0.0869. The van der Waals surface area contributed by atoms with E-state index in [0.29, 0.717) is 23.8 Å². The molecule has 1 aromatic rings. The Morgan fingerprint density at radius 2 is 2.11 bits per heavy atom. The first kappa shape index (κ1) is 15.5. The van der Waals surface area contributed by atoms with E-state index in [-0.39, 0.29) is 12.5 Å². The highest BCUT2D eigenvalue weighted by Crippen LogP contribution is 2.15. The van der Waals surface area contributed by atoms with Gasteiger partial charge in [-0.2, -0.15) is 0 Å². The molecule has 19 heavy (non-hydrogen) atoms. The highest BCUT2D eigenvalue weighted by atomic mass is 16.5. The van der Waals surface area contributed by atoms with Gasteiger partial charge in [0.1, 0.15) is 5.75 Å². The number of ether oxygens (including phenoxy) is 1. The quantitative estimate of drug-likeness (QED) is 0.829. The van der Waals surface area contributed by atoms with Gasteiger partial charge in [0.25, 0.3) is 5.91 Å². The van der Waals surface area contributed by atoms with Crippen LogP contribution in [0.5, 0.6) is 5.75 Å². The summed E-state index contributed by atoms with van der Waals surface area (Å²) in [5.41, 5.74) is -0.103. The Morgan fingerprint density at radius 3 is 2.68 bits per heavy atom. The van der Waals surface area contributed by atoms with Crippen molar-refractivity contribution in [2.75, 3.05) is 13.2 Å². The molecule has 2 N–H and O–H groups in total. The number of rotatable bonds is 6. The van der Waals surface area contributed by atoms with Gasteiger partial charge >= 0.3 is 0 Å². The van der Waals surface area contributed by atoms with Crippen molar-refractivity contribution in [2.45, 2.75) is 33.2 Å². The molecule has 0 bridgehead atoms. The molecule has 0 saturated carbocycles. The lowest BCUT2D eigenvalue weighted by Gasteiger charge is -2.23. The molecule has 0 saturated heterocycles. The van der Waals surface area contributed by atoms with Gasteiger partial charge in [0.2, 0.25) is 0 Å². The van der Waals surface area contributed by atoms with Crippen LogP contribution in [0.2, 0.25) is 0 Å². The van der Waals surface area contributed by atoms with Gasteiger partial charge in [-0.25, -0.2) is 0 Å². The van der Waals surface area contributed by atoms with Gasteiger partial charge in [0.15, 0.2) is 0 Å². The van der Waals surface area contributed by atoms with Crippen molar-refractivity contribution in [3.63, 3.8) is 0 Å². The highest BCUT2D eigenvalue weighted by molar-refractivity contribution is 5.95. The Hall–Kier alpha value is -1.55. The van der Waals surface area contributed by atoms with Crippen LogP contribution in [0.3, 0.4) is 0 Å². The second-order valence-electron chi connectivity index (χ2n) is 5.73. The lowest BCUT2D eigenvalue weighted by Crippen LogP contribution is -2.46. The summed E-state index contributed by atoms with van der Waals surface area (Å²) >= 11 is 0. The Bertz CT molecular complexity index is 427. The zero-order valence-electron chi connectivity index (χ0n) is 12.1. The molecule has 1 rings (SSSR count). The Kier molecular flexibility index (Phi) is 5.36. The summed E-state index contributed by atoms with van der Waals surface area (Å²) in [4.78, 5) is 12.0. The summed E-state index contributed by atoms with van der Waals surface area (Å²) in [6.45, 7) is 8.18. The van der Waals surface area contributed by atoms with E-state index >= 15 is 0 Å². The van der Waals surface area contributed by atoms with Gasteiger partial charge in [0.05, 0.1) is 18.8 Å². The van der Waals surface area contributed by atoms with E-state index in [9.17, 15) is 4.79 Å². The standard InChI is InChI=1S/C15H23NO3/c1-11(2)9-19-13-7-5-6-12(8-13)14(18)16-15(3,4)10-17/h5-8,11,17H,9-10H2,1-4H3,(H,16,18). The number of aliphatic hydroxyl groups excluding tert-OH is 1. The zero-order valence-corrected chi connectivity index (χ0v) is 12.1. The van der Waals surface area contributed by atoms with Gasteiger partial charge in [-0.05, 0) is 38.0 Å². The summed E-state index contributed by atoms with van der Waals surface area (Å²) in [7, 11) is 0. The topological polar surface area (TPSA) is 58.6 Å². The molecule has 0 spiro atoms. The van der Waals surface area contributed by atoms with Crippen molar-refractivity contribution in [1.29, 1.82) is 0 Å². The lowest BCUT2D eigenvalue weighted by atomic mass is 10.1. The molecule has 0 fully saturated rings. The van der Waals surface area contributed by atoms with Gasteiger partial charge in [-0.15, -0.1) is 0 Å². The minimum Gasteiger partial charge on any atom is -0.493 e. The Morgan fingerprint density at radius 1 is 1.42 bits per heavy atom. The molecule has 1 aromatic carbocycles. The molecular weight excluding hydrogens is 242 g/mol. The van der Waals surface area contributed by atoms with Crippen molar-refractivity contribution in [3.8, 4) is 5.75 Å². The molecule has 4 heteroatoms. The maximum atomic E-state index is 12.0. The van der Waals surface area contributed by atoms with Crippen LogP contribution in [0, 0.1) is 5.92 Å². The van der Waals surface area contributed by atoms with Crippen molar-refractivity contribution >= 4 is 5.91 Å². The van der Waals surface area contributed by atoms with Crippen LogP contribution in [-0.4, -0.2) is 29.8 Å². The maximum absolute atomic E-state index is 12.0. The fraction of sp³-hybridized carbons (Fsp3) is 0.533. The van der Waals surface area contributed by atoms with Crippen LogP contribution < -0.4 is 10.1 Å². The number of amides is 1. The third-order valence-electron chi connectivity index (χ3n) is 2.53. The number of carbonyl (C=O) groups is 1. The molecule has 106 valence electrons. The molecule has 0 radical (unpaired) electrons. The molecular formula is C15H23NO3. The molecule has 0 aromatic heterocycles. The maximum Gasteiger partial charge on any atom is 0.251 e. The summed E-state index contributed by atoms with van der Waals surface area (Å²) in [5, 5.41) is 11.9. The molecule has 0 aliphatic heterocycles. The number of aliphatic hydroxyl groups is 1. The normalized spacial score (nSPS) is 11.5. The Labute approximate surface area is 114 Å². The minimum atomic E-state index is -0.633. The second-order valence-corrected chi connectivity index (χ2v) is 5.73. The molecule has 0 heterocycles. The zero-order chi connectivity index (χ0) is 14.5. The van der Waals surface area contributed by atoms with Crippen molar-refractivity contribution in [1.82, 2.24) is 5.32 Å². The largest absolute Gasteiger partial charge is 0.493 e. The predicted octanol–water partition coefficient (Wildman–Crippen LogP) is 2.22. The van der Waals surface area contributed by atoms with Crippen LogP contribution in [0.25, 0.3) is 0 Å². The SMILES string of the molecule is CC(C)COc1cccc(C(=O)NC(C)(C)CO)c1. The fourth-order valence-corrected chi connectivity index (χ4v) is 1.41. The van der Waals surface area contributed by atoms with Gasteiger partial charge in [-0.1, -0.05) is 19.9 Å². The molecule has 4 nitrogen and oxygen atoms in total. The number of nitrogens with one attached hydrogen (secondary N) is 1. The highest BCUT2D eigenvalue weighted by Gasteiger charge is 2.20. The van der Waals surface area contributed by atoms with Crippen LogP contribution in [0.1, 0.15) is 38.1 Å². The average molecular weight is 265 g/mol. The summed E-state index contributed by atoms with van der Waals surface area (Å²) in [6, 6.07) is 7.06. The summed E-state index contributed by atoms with van der Waals surface area (Å²) in [6.07, 6.45) is 0. The third kappa shape index (κ3) is 5.30. The van der Waals surface area contributed by atoms with Crippen molar-refractivity contribution < 1.29 is 14.6 Å². The summed E-state index contributed by atoms with van der Waals surface area (Å²) < 4.78 is 5.59. The average Bonchev–Trinajstić information content (AvgIpc) is 2.36. The first-order valence-corrected chi connectivity index (χ1v) is 6.50. The third-order valence-corrected chi connectivity index (χ3v) is 2.53. The van der Waals surface area contributed by atoms with Gasteiger partial charge in [0, 0.05) is 5.56 Å². The molecule has 0 atom stereocenters. The number of carbonyl (C=O) groups excluding carboxylic acids is 1. The number of benzene rings is 1. The molecule has 0 aliphatic rings. The van der Waals surface area contributed by atoms with Gasteiger partial charge < -0.3 is 15.2 Å². The van der Waals surface area contributed by atoms with E-state index < -0.39 is 5.54 Å². The first-order valence-electron chi connectivity index (χ1n) is 6.50. The monoisotopic (exact) mass is 265 g/mol. The molecule has 0 aliphatic carbocycles. The number of hydrogen-bond acceptors (Lipinski definition) is 3. The van der Waals surface area contributed by atoms with E-state index in [4.69, 9.17) is 9.84 Å². The molecule has 1 amide bonds. The fourth-order valence-electron chi connectivity index (χ4n) is 1.41. The van der Waals surface area contributed by atoms with Gasteiger partial charge in [-0.3, -0.25) is 4.79 Å². The van der Waals surface area contributed by atoms with E-state index in [1.807, 2.05) is 6.07 Å². The predicted molar refractivity (Wildman–Crippen MR) is 75.4 cm³/mol. The van der Waals surface area contributed by atoms with Crippen LogP contribution >= 0.6 is 0 Å². The Balaban J connectivity index is 2.73. The van der Waals surface area contributed by atoms with Crippen LogP contribution in [0.4, 0.5) is 0 Å². The number of hydrogen-bond donors (Lipinski definition) is 2. The van der Waals surface area contributed by atoms with E-state index in [0.717, 1.165) is 0 Å². The van der Waals surface area contributed by atoms with Crippen molar-refractivity contribution in [3.05, 3.63) is 29.8 Å². The summed E-state index contributed by atoms with van der Waals surface area (Å²) in [5.74, 6) is 0.906. The smallest absolute Gasteiger partial charge is 0.251 e.